The summed E-state index contributed by atoms with van der Waals surface area (Å²) in [6.07, 6.45) is 3.00. The Kier molecular flexibility index (Phi) is 7.58. The molecule has 2 aromatic rings. The Balaban J connectivity index is 1.52. The molecule has 0 radical (unpaired) electrons. The molecule has 0 aromatic heterocycles. The molecule has 0 saturated carbocycles. The number of aliphatic hydroxyl groups excluding tert-OH is 1. The molecule has 1 amide bonds. The lowest BCUT2D eigenvalue weighted by atomic mass is 9.88. The number of halogens is 1. The smallest absolute Gasteiger partial charge is 0.252 e. The molecule has 1 unspecified atom stereocenters. The first-order chi connectivity index (χ1) is 14.4. The topological polar surface area (TPSA) is 102 Å². The van der Waals surface area contributed by atoms with E-state index in [0.717, 1.165) is 50.0 Å². The first-order valence-corrected chi connectivity index (χ1v) is 10.7. The van der Waals surface area contributed by atoms with E-state index in [1.165, 1.54) is 7.11 Å². The van der Waals surface area contributed by atoms with Crippen LogP contribution in [0, 0.1) is 5.92 Å². The van der Waals surface area contributed by atoms with Gasteiger partial charge in [-0.2, -0.15) is 0 Å². The predicted octanol–water partition coefficient (Wildman–Crippen LogP) is 3.41. The van der Waals surface area contributed by atoms with Crippen LogP contribution in [0.3, 0.4) is 0 Å². The molecule has 1 heterocycles. The molecule has 6 nitrogen and oxygen atoms in total. The summed E-state index contributed by atoms with van der Waals surface area (Å²) in [6.45, 7) is 2.77. The van der Waals surface area contributed by atoms with E-state index in [4.69, 9.17) is 27.8 Å². The summed E-state index contributed by atoms with van der Waals surface area (Å²) >= 11 is 6.18. The summed E-state index contributed by atoms with van der Waals surface area (Å²) in [5.74, 6) is 0.391. The Hall–Kier alpha value is -2.28. The van der Waals surface area contributed by atoms with Gasteiger partial charge in [0.2, 0.25) is 0 Å². The monoisotopic (exact) mass is 431 g/mol. The summed E-state index contributed by atoms with van der Waals surface area (Å²) in [4.78, 5) is 14.1. The molecule has 162 valence electrons. The number of amides is 1. The number of carbonyl (C=O) groups excluding carboxylic acids is 1. The summed E-state index contributed by atoms with van der Waals surface area (Å²) in [5, 5.41) is 11.1. The molecule has 1 saturated heterocycles. The lowest BCUT2D eigenvalue weighted by Crippen LogP contribution is -2.35. The Bertz CT molecular complexity index is 882. The van der Waals surface area contributed by atoms with Gasteiger partial charge in [0, 0.05) is 23.3 Å². The fourth-order valence-electron chi connectivity index (χ4n) is 4.11. The van der Waals surface area contributed by atoms with Crippen LogP contribution in [0.4, 0.5) is 5.69 Å². The van der Waals surface area contributed by atoms with Gasteiger partial charge in [0.25, 0.3) is 5.91 Å². The highest BCUT2D eigenvalue weighted by atomic mass is 35.5. The van der Waals surface area contributed by atoms with E-state index in [1.807, 2.05) is 18.2 Å². The van der Waals surface area contributed by atoms with Gasteiger partial charge >= 0.3 is 0 Å². The summed E-state index contributed by atoms with van der Waals surface area (Å²) < 4.78 is 5.22. The second-order valence-corrected chi connectivity index (χ2v) is 8.34. The molecule has 0 spiro atoms. The number of ether oxygens (including phenoxy) is 1. The van der Waals surface area contributed by atoms with Crippen LogP contribution in [-0.2, 0) is 6.42 Å². The number of piperidine rings is 1. The van der Waals surface area contributed by atoms with Gasteiger partial charge < -0.3 is 26.2 Å². The van der Waals surface area contributed by atoms with Crippen LogP contribution in [0.15, 0.2) is 36.4 Å². The minimum Gasteiger partial charge on any atom is -0.496 e. The number of carbonyl (C=O) groups is 1. The SMILES string of the molecule is COc1cc(N)c(CC2CCN(CCC(O)c3ccccc3Cl)CC2)cc1C(N)=O. The Morgan fingerprint density at radius 1 is 1.30 bits per heavy atom. The van der Waals surface area contributed by atoms with Crippen LogP contribution in [0.1, 0.15) is 46.9 Å². The Labute approximate surface area is 182 Å². The number of nitrogens with two attached hydrogens (primary N) is 2. The van der Waals surface area contributed by atoms with Crippen molar-refractivity contribution in [1.29, 1.82) is 0 Å². The van der Waals surface area contributed by atoms with Crippen molar-refractivity contribution in [3.63, 3.8) is 0 Å². The zero-order chi connectivity index (χ0) is 21.7. The average molecular weight is 432 g/mol. The predicted molar refractivity (Wildman–Crippen MR) is 120 cm³/mol. The second-order valence-electron chi connectivity index (χ2n) is 7.93. The van der Waals surface area contributed by atoms with Crippen LogP contribution in [0.2, 0.25) is 5.02 Å². The number of hydrogen-bond donors (Lipinski definition) is 3. The zero-order valence-corrected chi connectivity index (χ0v) is 18.1. The normalized spacial score (nSPS) is 16.4. The minimum absolute atomic E-state index is 0.368. The van der Waals surface area contributed by atoms with Crippen molar-refractivity contribution in [1.82, 2.24) is 4.90 Å². The van der Waals surface area contributed by atoms with E-state index in [2.05, 4.69) is 4.90 Å². The maximum absolute atomic E-state index is 11.7. The van der Waals surface area contributed by atoms with Crippen molar-refractivity contribution in [3.8, 4) is 5.75 Å². The second kappa shape index (κ2) is 10.2. The van der Waals surface area contributed by atoms with Crippen molar-refractivity contribution in [2.24, 2.45) is 11.7 Å². The summed E-state index contributed by atoms with van der Waals surface area (Å²) in [6, 6.07) is 10.9. The number of primary amides is 1. The molecule has 1 atom stereocenters. The standard InChI is InChI=1S/C23H30ClN3O3/c1-30-22-14-20(25)16(13-18(22)23(26)29)12-15-6-9-27(10-7-15)11-8-21(28)17-4-2-3-5-19(17)24/h2-5,13-15,21,28H,6-12,25H2,1H3,(H2,26,29). The van der Waals surface area contributed by atoms with Gasteiger partial charge in [0.15, 0.2) is 0 Å². The highest BCUT2D eigenvalue weighted by molar-refractivity contribution is 6.31. The molecule has 7 heteroatoms. The number of hydrogen-bond acceptors (Lipinski definition) is 5. The summed E-state index contributed by atoms with van der Waals surface area (Å²) in [7, 11) is 1.50. The van der Waals surface area contributed by atoms with Crippen LogP contribution in [0.25, 0.3) is 0 Å². The van der Waals surface area contributed by atoms with Crippen molar-refractivity contribution < 1.29 is 14.6 Å². The number of anilines is 1. The molecule has 5 N–H and O–H groups in total. The van der Waals surface area contributed by atoms with E-state index in [0.29, 0.717) is 34.4 Å². The lowest BCUT2D eigenvalue weighted by molar-refractivity contribution is 0.0997. The number of methoxy groups -OCH3 is 1. The Morgan fingerprint density at radius 3 is 2.63 bits per heavy atom. The average Bonchev–Trinajstić information content (AvgIpc) is 2.74. The third kappa shape index (κ3) is 5.45. The molecule has 0 bridgehead atoms. The van der Waals surface area contributed by atoms with E-state index >= 15 is 0 Å². The third-order valence-electron chi connectivity index (χ3n) is 5.93. The molecule has 3 rings (SSSR count). The van der Waals surface area contributed by atoms with Crippen LogP contribution in [0.5, 0.6) is 5.75 Å². The van der Waals surface area contributed by atoms with Crippen LogP contribution < -0.4 is 16.2 Å². The van der Waals surface area contributed by atoms with Gasteiger partial charge in [-0.3, -0.25) is 4.79 Å². The van der Waals surface area contributed by atoms with Gasteiger partial charge in [-0.15, -0.1) is 0 Å². The number of rotatable bonds is 8. The van der Waals surface area contributed by atoms with Gasteiger partial charge in [-0.25, -0.2) is 0 Å². The quantitative estimate of drug-likeness (QED) is 0.556. The van der Waals surface area contributed by atoms with Gasteiger partial charge in [0.1, 0.15) is 5.75 Å². The minimum atomic E-state index is -0.553. The van der Waals surface area contributed by atoms with Crippen molar-refractivity contribution in [3.05, 3.63) is 58.1 Å². The zero-order valence-electron chi connectivity index (χ0n) is 17.3. The van der Waals surface area contributed by atoms with Crippen molar-refractivity contribution in [2.45, 2.75) is 31.8 Å². The van der Waals surface area contributed by atoms with E-state index < -0.39 is 12.0 Å². The fraction of sp³-hybridized carbons (Fsp3) is 0.435. The lowest BCUT2D eigenvalue weighted by Gasteiger charge is -2.32. The van der Waals surface area contributed by atoms with E-state index in [1.54, 1.807) is 18.2 Å². The molecular formula is C23H30ClN3O3. The first kappa shape index (κ1) is 22.4. The molecule has 1 aliphatic heterocycles. The van der Waals surface area contributed by atoms with Crippen LogP contribution in [-0.4, -0.2) is 42.7 Å². The Morgan fingerprint density at radius 2 is 2.00 bits per heavy atom. The molecule has 1 aliphatic rings. The largest absolute Gasteiger partial charge is 0.496 e. The molecule has 0 aliphatic carbocycles. The van der Waals surface area contributed by atoms with E-state index in [9.17, 15) is 9.90 Å². The number of likely N-dealkylation sites (tertiary alicyclic amines) is 1. The fourth-order valence-corrected chi connectivity index (χ4v) is 4.37. The van der Waals surface area contributed by atoms with Gasteiger partial charge in [-0.05, 0) is 68.0 Å². The molecule has 1 fully saturated rings. The third-order valence-corrected chi connectivity index (χ3v) is 6.27. The van der Waals surface area contributed by atoms with Crippen molar-refractivity contribution in [2.75, 3.05) is 32.5 Å². The maximum Gasteiger partial charge on any atom is 0.252 e. The van der Waals surface area contributed by atoms with Gasteiger partial charge in [0.05, 0.1) is 18.8 Å². The van der Waals surface area contributed by atoms with Crippen molar-refractivity contribution >= 4 is 23.2 Å². The number of benzene rings is 2. The highest BCUT2D eigenvalue weighted by Crippen LogP contribution is 2.30. The number of nitrogen functional groups attached to an aromatic ring is 1. The number of aliphatic hydroxyl groups is 1. The maximum atomic E-state index is 11.7. The first-order valence-electron chi connectivity index (χ1n) is 10.3. The number of nitrogens with zero attached hydrogens (tertiary/aromatic N) is 1. The summed E-state index contributed by atoms with van der Waals surface area (Å²) in [5.41, 5.74) is 14.4. The van der Waals surface area contributed by atoms with Crippen LogP contribution >= 0.6 is 11.6 Å². The molecule has 2 aromatic carbocycles. The molecule has 30 heavy (non-hydrogen) atoms. The van der Waals surface area contributed by atoms with Gasteiger partial charge in [-0.1, -0.05) is 29.8 Å². The molecular weight excluding hydrogens is 402 g/mol. The van der Waals surface area contributed by atoms with E-state index in [-0.39, 0.29) is 0 Å². The highest BCUT2D eigenvalue weighted by Gasteiger charge is 2.22.